The van der Waals surface area contributed by atoms with Gasteiger partial charge in [0.25, 0.3) is 0 Å². The summed E-state index contributed by atoms with van der Waals surface area (Å²) in [6.07, 6.45) is -0.897. The predicted octanol–water partition coefficient (Wildman–Crippen LogP) is 1.10. The highest BCUT2D eigenvalue weighted by atomic mass is 32.2. The van der Waals surface area contributed by atoms with E-state index in [4.69, 9.17) is 10.5 Å². The second-order valence-corrected chi connectivity index (χ2v) is 7.95. The van der Waals surface area contributed by atoms with Crippen molar-refractivity contribution in [2.75, 3.05) is 19.7 Å². The first-order valence-corrected chi connectivity index (χ1v) is 9.01. The highest BCUT2D eigenvalue weighted by Gasteiger charge is 2.35. The lowest BCUT2D eigenvalue weighted by Gasteiger charge is -2.32. The topological polar surface area (TPSA) is 89.7 Å². The fraction of sp³-hybridized carbons (Fsp3) is 0.562. The number of benzene rings is 1. The van der Waals surface area contributed by atoms with Crippen LogP contribution < -0.4 is 5.73 Å². The molecule has 0 aliphatic carbocycles. The number of sulfonamides is 1. The van der Waals surface area contributed by atoms with Crippen LogP contribution in [-0.2, 0) is 19.6 Å². The molecule has 1 atom stereocenters. The van der Waals surface area contributed by atoms with E-state index in [2.05, 4.69) is 0 Å². The fourth-order valence-corrected chi connectivity index (χ4v) is 4.98. The van der Waals surface area contributed by atoms with Gasteiger partial charge < -0.3 is 10.5 Å². The van der Waals surface area contributed by atoms with Gasteiger partial charge in [-0.05, 0) is 62.4 Å². The minimum Gasteiger partial charge on any atom is -0.367 e. The van der Waals surface area contributed by atoms with Crippen LogP contribution in [0.4, 0.5) is 0 Å². The van der Waals surface area contributed by atoms with Gasteiger partial charge >= 0.3 is 0 Å². The second kappa shape index (κ2) is 6.22. The first kappa shape index (κ1) is 17.9. The number of amides is 1. The standard InChI is InChI=1S/C16H24N2O4S/c1-9-10(2)12(4)15(13(5)11(9)3)23(20,21)18-6-7-22-14(8-18)16(17)19/h14H,6-8H2,1-5H3,(H2,17,19). The van der Waals surface area contributed by atoms with Gasteiger partial charge in [0.1, 0.15) is 6.10 Å². The molecule has 128 valence electrons. The number of morpholine rings is 1. The number of hydrogen-bond donors (Lipinski definition) is 1. The number of hydrogen-bond acceptors (Lipinski definition) is 4. The lowest BCUT2D eigenvalue weighted by atomic mass is 9.95. The number of nitrogens with zero attached hydrogens (tertiary/aromatic N) is 1. The average Bonchev–Trinajstić information content (AvgIpc) is 2.51. The molecule has 1 amide bonds. The summed E-state index contributed by atoms with van der Waals surface area (Å²) in [5.41, 5.74) is 9.83. The Morgan fingerprint density at radius 1 is 1.04 bits per heavy atom. The molecule has 2 N–H and O–H groups in total. The largest absolute Gasteiger partial charge is 0.367 e. The van der Waals surface area contributed by atoms with E-state index in [9.17, 15) is 13.2 Å². The van der Waals surface area contributed by atoms with E-state index in [1.165, 1.54) is 4.31 Å². The average molecular weight is 340 g/mol. The number of carbonyl (C=O) groups excluding carboxylic acids is 1. The van der Waals surface area contributed by atoms with E-state index in [0.29, 0.717) is 4.90 Å². The van der Waals surface area contributed by atoms with Gasteiger partial charge in [-0.1, -0.05) is 0 Å². The first-order chi connectivity index (χ1) is 10.6. The molecule has 1 aromatic carbocycles. The number of ether oxygens (including phenoxy) is 1. The maximum atomic E-state index is 13.1. The molecule has 1 heterocycles. The molecule has 1 aliphatic rings. The van der Waals surface area contributed by atoms with Crippen LogP contribution >= 0.6 is 0 Å². The van der Waals surface area contributed by atoms with Crippen molar-refractivity contribution in [1.29, 1.82) is 0 Å². The highest BCUT2D eigenvalue weighted by molar-refractivity contribution is 7.89. The van der Waals surface area contributed by atoms with Crippen LogP contribution in [0.1, 0.15) is 27.8 Å². The van der Waals surface area contributed by atoms with Crippen molar-refractivity contribution < 1.29 is 17.9 Å². The minimum absolute atomic E-state index is 0.0392. The zero-order valence-electron chi connectivity index (χ0n) is 14.3. The summed E-state index contributed by atoms with van der Waals surface area (Å²) in [6, 6.07) is 0. The fourth-order valence-electron chi connectivity index (χ4n) is 3.00. The Morgan fingerprint density at radius 2 is 1.52 bits per heavy atom. The Balaban J connectivity index is 2.55. The minimum atomic E-state index is -3.71. The number of carbonyl (C=O) groups is 1. The van der Waals surface area contributed by atoms with Gasteiger partial charge in [-0.15, -0.1) is 0 Å². The molecule has 23 heavy (non-hydrogen) atoms. The summed E-state index contributed by atoms with van der Waals surface area (Å²) in [5.74, 6) is -0.644. The van der Waals surface area contributed by atoms with E-state index in [1.54, 1.807) is 0 Å². The second-order valence-electron chi connectivity index (χ2n) is 6.08. The van der Waals surface area contributed by atoms with Crippen molar-refractivity contribution in [3.63, 3.8) is 0 Å². The SMILES string of the molecule is Cc1c(C)c(C)c(S(=O)(=O)N2CCOC(C(N)=O)C2)c(C)c1C. The number of primary amides is 1. The summed E-state index contributed by atoms with van der Waals surface area (Å²) in [6.45, 7) is 9.86. The third-order valence-electron chi connectivity index (χ3n) is 4.88. The van der Waals surface area contributed by atoms with Gasteiger partial charge in [0.2, 0.25) is 15.9 Å². The van der Waals surface area contributed by atoms with Crippen LogP contribution in [-0.4, -0.2) is 44.4 Å². The lowest BCUT2D eigenvalue weighted by Crippen LogP contribution is -2.50. The summed E-state index contributed by atoms with van der Waals surface area (Å²) in [4.78, 5) is 11.7. The molecular weight excluding hydrogens is 316 g/mol. The monoisotopic (exact) mass is 340 g/mol. The predicted molar refractivity (Wildman–Crippen MR) is 87.8 cm³/mol. The van der Waals surface area contributed by atoms with Crippen LogP contribution in [0.5, 0.6) is 0 Å². The molecule has 1 unspecified atom stereocenters. The van der Waals surface area contributed by atoms with Gasteiger partial charge in [-0.2, -0.15) is 4.31 Å². The molecule has 1 saturated heterocycles. The zero-order valence-corrected chi connectivity index (χ0v) is 15.1. The molecule has 1 aliphatic heterocycles. The van der Waals surface area contributed by atoms with Crippen LogP contribution in [0.15, 0.2) is 4.90 Å². The van der Waals surface area contributed by atoms with Crippen molar-refractivity contribution in [3.8, 4) is 0 Å². The van der Waals surface area contributed by atoms with Crippen LogP contribution in [0, 0.1) is 34.6 Å². The molecular formula is C16H24N2O4S. The quantitative estimate of drug-likeness (QED) is 0.892. The van der Waals surface area contributed by atoms with E-state index in [1.807, 2.05) is 34.6 Å². The molecule has 0 radical (unpaired) electrons. The Kier molecular flexibility index (Phi) is 4.84. The molecule has 0 saturated carbocycles. The van der Waals surface area contributed by atoms with Crippen molar-refractivity contribution in [2.24, 2.45) is 5.73 Å². The third-order valence-corrected chi connectivity index (χ3v) is 7.02. The van der Waals surface area contributed by atoms with Crippen LogP contribution in [0.3, 0.4) is 0 Å². The van der Waals surface area contributed by atoms with E-state index >= 15 is 0 Å². The molecule has 1 aromatic rings. The van der Waals surface area contributed by atoms with E-state index < -0.39 is 22.0 Å². The zero-order chi connectivity index (χ0) is 17.5. The molecule has 6 nitrogen and oxygen atoms in total. The normalized spacial score (nSPS) is 19.8. The molecule has 7 heteroatoms. The van der Waals surface area contributed by atoms with Gasteiger partial charge in [0, 0.05) is 13.1 Å². The third kappa shape index (κ3) is 3.00. The van der Waals surface area contributed by atoms with Crippen molar-refractivity contribution in [3.05, 3.63) is 27.8 Å². The smallest absolute Gasteiger partial charge is 0.247 e. The Labute approximate surface area is 137 Å². The molecule has 2 rings (SSSR count). The van der Waals surface area contributed by atoms with Crippen LogP contribution in [0.25, 0.3) is 0 Å². The summed E-state index contributed by atoms with van der Waals surface area (Å²) in [5, 5.41) is 0. The summed E-state index contributed by atoms with van der Waals surface area (Å²) < 4.78 is 32.8. The van der Waals surface area contributed by atoms with Gasteiger partial charge in [-0.3, -0.25) is 4.79 Å². The van der Waals surface area contributed by atoms with Gasteiger partial charge in [0.05, 0.1) is 11.5 Å². The van der Waals surface area contributed by atoms with Crippen LogP contribution in [0.2, 0.25) is 0 Å². The maximum absolute atomic E-state index is 13.1. The van der Waals surface area contributed by atoms with Crippen molar-refractivity contribution in [1.82, 2.24) is 4.31 Å². The van der Waals surface area contributed by atoms with Gasteiger partial charge in [0.15, 0.2) is 0 Å². The number of rotatable bonds is 3. The Hall–Kier alpha value is -1.44. The summed E-state index contributed by atoms with van der Waals surface area (Å²) >= 11 is 0. The Bertz CT molecular complexity index is 727. The first-order valence-electron chi connectivity index (χ1n) is 7.57. The summed E-state index contributed by atoms with van der Waals surface area (Å²) in [7, 11) is -3.71. The molecule has 0 bridgehead atoms. The van der Waals surface area contributed by atoms with Crippen molar-refractivity contribution in [2.45, 2.75) is 45.6 Å². The Morgan fingerprint density at radius 3 is 2.00 bits per heavy atom. The highest BCUT2D eigenvalue weighted by Crippen LogP contribution is 2.32. The van der Waals surface area contributed by atoms with Crippen molar-refractivity contribution >= 4 is 15.9 Å². The maximum Gasteiger partial charge on any atom is 0.247 e. The van der Waals surface area contributed by atoms with E-state index in [0.717, 1.165) is 27.8 Å². The molecule has 0 aromatic heterocycles. The number of nitrogens with two attached hydrogens (primary N) is 1. The molecule has 0 spiro atoms. The van der Waals surface area contributed by atoms with Gasteiger partial charge in [-0.25, -0.2) is 8.42 Å². The van der Waals surface area contributed by atoms with E-state index in [-0.39, 0.29) is 19.7 Å². The lowest BCUT2D eigenvalue weighted by molar-refractivity contribution is -0.132. The molecule has 1 fully saturated rings.